The number of carboxylic acid groups (broad SMARTS) is 1. The molecule has 1 amide bonds. The lowest BCUT2D eigenvalue weighted by Crippen LogP contribution is -2.30. The van der Waals surface area contributed by atoms with Crippen LogP contribution in [0.2, 0.25) is 0 Å². The molecule has 4 rings (SSSR count). The quantitative estimate of drug-likeness (QED) is 0.725. The maximum absolute atomic E-state index is 13.3. The van der Waals surface area contributed by atoms with Crippen LogP contribution in [0.25, 0.3) is 22.3 Å². The van der Waals surface area contributed by atoms with Crippen molar-refractivity contribution in [3.05, 3.63) is 35.4 Å². The van der Waals surface area contributed by atoms with Crippen molar-refractivity contribution in [3.8, 4) is 11.3 Å². The molecule has 29 heavy (non-hydrogen) atoms. The summed E-state index contributed by atoms with van der Waals surface area (Å²) in [7, 11) is 0. The van der Waals surface area contributed by atoms with Crippen molar-refractivity contribution in [1.29, 1.82) is 0 Å². The molecule has 8 nitrogen and oxygen atoms in total. The number of rotatable bonds is 4. The van der Waals surface area contributed by atoms with Crippen molar-refractivity contribution >= 4 is 22.9 Å². The number of aliphatic carboxylic acids is 1. The Balaban J connectivity index is 1.85. The number of furan rings is 1. The Morgan fingerprint density at radius 1 is 1.28 bits per heavy atom. The van der Waals surface area contributed by atoms with E-state index >= 15 is 0 Å². The van der Waals surface area contributed by atoms with E-state index in [2.05, 4.69) is 5.10 Å². The molecule has 1 atom stereocenters. The van der Waals surface area contributed by atoms with E-state index in [-0.39, 0.29) is 18.5 Å². The Bertz CT molecular complexity index is 1110. The molecule has 0 aromatic carbocycles. The molecule has 0 saturated carbocycles. The van der Waals surface area contributed by atoms with Crippen LogP contribution in [0.3, 0.4) is 0 Å². The van der Waals surface area contributed by atoms with Gasteiger partial charge >= 0.3 is 5.97 Å². The largest absolute Gasteiger partial charge is 0.481 e. The van der Waals surface area contributed by atoms with Crippen LogP contribution in [0.1, 0.15) is 48.2 Å². The number of likely N-dealkylation sites (tertiary alicyclic amines) is 1. The first-order chi connectivity index (χ1) is 13.8. The number of amides is 1. The first kappa shape index (κ1) is 19.2. The van der Waals surface area contributed by atoms with Gasteiger partial charge in [0.15, 0.2) is 5.65 Å². The van der Waals surface area contributed by atoms with Crippen molar-refractivity contribution in [3.63, 3.8) is 0 Å². The maximum Gasteiger partial charge on any atom is 0.308 e. The molecule has 1 fully saturated rings. The zero-order chi connectivity index (χ0) is 20.9. The van der Waals surface area contributed by atoms with E-state index in [1.54, 1.807) is 21.8 Å². The van der Waals surface area contributed by atoms with Gasteiger partial charge < -0.3 is 14.4 Å². The Morgan fingerprint density at radius 3 is 2.62 bits per heavy atom. The molecule has 1 aliphatic rings. The smallest absolute Gasteiger partial charge is 0.308 e. The van der Waals surface area contributed by atoms with Gasteiger partial charge in [-0.2, -0.15) is 5.10 Å². The molecule has 0 unspecified atom stereocenters. The van der Waals surface area contributed by atoms with E-state index in [0.29, 0.717) is 35.3 Å². The van der Waals surface area contributed by atoms with Crippen molar-refractivity contribution in [2.24, 2.45) is 5.92 Å². The molecular formula is C21H24N4O4. The third kappa shape index (κ3) is 3.28. The second-order valence-electron chi connectivity index (χ2n) is 7.88. The van der Waals surface area contributed by atoms with Gasteiger partial charge in [-0.05, 0) is 46.2 Å². The first-order valence-corrected chi connectivity index (χ1v) is 9.74. The van der Waals surface area contributed by atoms with Gasteiger partial charge in [-0.1, -0.05) is 0 Å². The van der Waals surface area contributed by atoms with Crippen LogP contribution in [0.15, 0.2) is 22.7 Å². The van der Waals surface area contributed by atoms with Crippen LogP contribution in [0.5, 0.6) is 0 Å². The summed E-state index contributed by atoms with van der Waals surface area (Å²) in [5, 5.41) is 14.4. The highest BCUT2D eigenvalue weighted by Crippen LogP contribution is 2.31. The second kappa shape index (κ2) is 7.02. The monoisotopic (exact) mass is 396 g/mol. The van der Waals surface area contributed by atoms with Gasteiger partial charge in [0.2, 0.25) is 0 Å². The van der Waals surface area contributed by atoms with Crippen LogP contribution >= 0.6 is 0 Å². The fourth-order valence-corrected chi connectivity index (χ4v) is 3.91. The number of carboxylic acids is 1. The number of carbonyl (C=O) groups is 2. The summed E-state index contributed by atoms with van der Waals surface area (Å²) >= 11 is 0. The van der Waals surface area contributed by atoms with Crippen LogP contribution in [-0.4, -0.2) is 49.7 Å². The zero-order valence-corrected chi connectivity index (χ0v) is 17.0. The van der Waals surface area contributed by atoms with Crippen molar-refractivity contribution < 1.29 is 19.1 Å². The maximum atomic E-state index is 13.3. The highest BCUT2D eigenvalue weighted by molar-refractivity contribution is 6.06. The van der Waals surface area contributed by atoms with Crippen LogP contribution < -0.4 is 0 Å². The number of fused-ring (bicyclic) bond motifs is 1. The molecular weight excluding hydrogens is 372 g/mol. The molecule has 8 heteroatoms. The topological polar surface area (TPSA) is 101 Å². The number of nitrogens with zero attached hydrogens (tertiary/aromatic N) is 4. The summed E-state index contributed by atoms with van der Waals surface area (Å²) in [4.78, 5) is 31.0. The van der Waals surface area contributed by atoms with E-state index in [1.165, 1.54) is 0 Å². The summed E-state index contributed by atoms with van der Waals surface area (Å²) < 4.78 is 7.45. The van der Waals surface area contributed by atoms with Crippen LogP contribution in [-0.2, 0) is 4.79 Å². The molecule has 0 radical (unpaired) electrons. The molecule has 3 aromatic heterocycles. The first-order valence-electron chi connectivity index (χ1n) is 9.74. The van der Waals surface area contributed by atoms with E-state index < -0.39 is 11.9 Å². The molecule has 1 aliphatic heterocycles. The molecule has 4 heterocycles. The average molecular weight is 396 g/mol. The Morgan fingerprint density at radius 2 is 2.03 bits per heavy atom. The van der Waals surface area contributed by atoms with E-state index in [1.807, 2.05) is 33.8 Å². The summed E-state index contributed by atoms with van der Waals surface area (Å²) in [6.45, 7) is 8.40. The zero-order valence-electron chi connectivity index (χ0n) is 17.0. The summed E-state index contributed by atoms with van der Waals surface area (Å²) in [6.07, 6.45) is 2.13. The lowest BCUT2D eigenvalue weighted by atomic mass is 10.1. The standard InChI is InChI=1S/C21H24N4O4/c1-11(2)25-19-17(9-22-25)16(20(26)24-6-5-14(10-24)21(27)28)8-18(23-19)15-7-12(3)29-13(15)4/h7-9,11,14H,5-6,10H2,1-4H3,(H,27,28)/t14-/m1/s1. The minimum atomic E-state index is -0.863. The Kier molecular flexibility index (Phi) is 4.64. The van der Waals surface area contributed by atoms with Gasteiger partial charge in [0.05, 0.1) is 28.8 Å². The van der Waals surface area contributed by atoms with Gasteiger partial charge in [-0.3, -0.25) is 9.59 Å². The Labute approximate surface area is 168 Å². The third-order valence-electron chi connectivity index (χ3n) is 5.43. The fourth-order valence-electron chi connectivity index (χ4n) is 3.91. The SMILES string of the molecule is Cc1cc(-c2cc(C(=O)N3CC[C@@H](C(=O)O)C3)c3cnn(C(C)C)c3n2)c(C)o1. The molecule has 1 N–H and O–H groups in total. The number of aromatic nitrogens is 3. The molecule has 0 aliphatic carbocycles. The molecule has 3 aromatic rings. The summed E-state index contributed by atoms with van der Waals surface area (Å²) in [5.41, 5.74) is 2.60. The highest BCUT2D eigenvalue weighted by Gasteiger charge is 2.32. The van der Waals surface area contributed by atoms with Crippen LogP contribution in [0, 0.1) is 19.8 Å². The lowest BCUT2D eigenvalue weighted by Gasteiger charge is -2.17. The average Bonchev–Trinajstić information content (AvgIpc) is 3.37. The van der Waals surface area contributed by atoms with Gasteiger partial charge in [0.1, 0.15) is 11.5 Å². The van der Waals surface area contributed by atoms with Crippen molar-refractivity contribution in [1.82, 2.24) is 19.7 Å². The summed E-state index contributed by atoms with van der Waals surface area (Å²) in [5.74, 6) is -0.0709. The molecule has 1 saturated heterocycles. The predicted molar refractivity (Wildman–Crippen MR) is 107 cm³/mol. The van der Waals surface area contributed by atoms with Gasteiger partial charge in [0, 0.05) is 24.7 Å². The van der Waals surface area contributed by atoms with E-state index in [4.69, 9.17) is 9.40 Å². The molecule has 0 bridgehead atoms. The van der Waals surface area contributed by atoms with Crippen molar-refractivity contribution in [2.45, 2.75) is 40.2 Å². The van der Waals surface area contributed by atoms with E-state index in [0.717, 1.165) is 17.1 Å². The molecule has 0 spiro atoms. The van der Waals surface area contributed by atoms with Gasteiger partial charge in [0.25, 0.3) is 5.91 Å². The third-order valence-corrected chi connectivity index (χ3v) is 5.43. The normalized spacial score (nSPS) is 16.9. The predicted octanol–water partition coefficient (Wildman–Crippen LogP) is 3.44. The van der Waals surface area contributed by atoms with E-state index in [9.17, 15) is 14.7 Å². The number of aryl methyl sites for hydroxylation is 2. The van der Waals surface area contributed by atoms with Crippen LogP contribution in [0.4, 0.5) is 0 Å². The van der Waals surface area contributed by atoms with Gasteiger partial charge in [-0.15, -0.1) is 0 Å². The number of hydrogen-bond acceptors (Lipinski definition) is 5. The van der Waals surface area contributed by atoms with Crippen molar-refractivity contribution in [2.75, 3.05) is 13.1 Å². The minimum absolute atomic E-state index is 0.0774. The summed E-state index contributed by atoms with van der Waals surface area (Å²) in [6, 6.07) is 3.75. The Hall–Kier alpha value is -3.16. The minimum Gasteiger partial charge on any atom is -0.481 e. The fraction of sp³-hybridized carbons (Fsp3) is 0.429. The lowest BCUT2D eigenvalue weighted by molar-refractivity contribution is -0.141. The second-order valence-corrected chi connectivity index (χ2v) is 7.88. The number of pyridine rings is 1. The van der Waals surface area contributed by atoms with Gasteiger partial charge in [-0.25, -0.2) is 9.67 Å². The number of hydrogen-bond donors (Lipinski definition) is 1. The number of carbonyl (C=O) groups excluding carboxylic acids is 1. The molecule has 152 valence electrons. The highest BCUT2D eigenvalue weighted by atomic mass is 16.4.